The first-order chi connectivity index (χ1) is 11.8. The maximum absolute atomic E-state index is 12.2. The van der Waals surface area contributed by atoms with Gasteiger partial charge in [-0.2, -0.15) is 5.10 Å². The predicted octanol–water partition coefficient (Wildman–Crippen LogP) is 2.63. The van der Waals surface area contributed by atoms with Gasteiger partial charge in [0.1, 0.15) is 11.5 Å². The zero-order valence-electron chi connectivity index (χ0n) is 13.7. The Morgan fingerprint density at radius 1 is 1.24 bits per heavy atom. The summed E-state index contributed by atoms with van der Waals surface area (Å²) in [5.74, 6) is 0.460. The SMILES string of the molecule is CC(C)C(=O)N/N=C\c1ccc(CNS(=O)(=O)c2ccc(Br)cc2)o1. The summed E-state index contributed by atoms with van der Waals surface area (Å²) in [4.78, 5) is 11.5. The molecule has 0 atom stereocenters. The van der Waals surface area contributed by atoms with Crippen LogP contribution in [0.5, 0.6) is 0 Å². The Morgan fingerprint density at radius 3 is 2.56 bits per heavy atom. The molecule has 2 N–H and O–H groups in total. The average molecular weight is 428 g/mol. The lowest BCUT2D eigenvalue weighted by Crippen LogP contribution is -2.23. The standard InChI is InChI=1S/C16H18BrN3O4S/c1-11(2)16(21)20-18-9-13-5-6-14(24-13)10-19-25(22,23)15-7-3-12(17)4-8-15/h3-9,11,19H,10H2,1-2H3,(H,20,21)/b18-9-. The van der Waals surface area contributed by atoms with Gasteiger partial charge in [0.25, 0.3) is 0 Å². The number of halogens is 1. The number of hydrazone groups is 1. The van der Waals surface area contributed by atoms with E-state index in [0.717, 1.165) is 4.47 Å². The Hall–Kier alpha value is -1.97. The third kappa shape index (κ3) is 5.80. The monoisotopic (exact) mass is 427 g/mol. The van der Waals surface area contributed by atoms with Gasteiger partial charge in [0.05, 0.1) is 17.7 Å². The van der Waals surface area contributed by atoms with E-state index in [0.29, 0.717) is 11.5 Å². The molecule has 2 aromatic rings. The van der Waals surface area contributed by atoms with E-state index in [2.05, 4.69) is 31.2 Å². The van der Waals surface area contributed by atoms with E-state index >= 15 is 0 Å². The number of sulfonamides is 1. The number of furan rings is 1. The lowest BCUT2D eigenvalue weighted by Gasteiger charge is -2.05. The minimum Gasteiger partial charge on any atom is -0.459 e. The molecule has 0 saturated carbocycles. The number of benzene rings is 1. The lowest BCUT2D eigenvalue weighted by atomic mass is 10.2. The van der Waals surface area contributed by atoms with E-state index in [1.54, 1.807) is 38.1 Å². The molecule has 0 bridgehead atoms. The molecule has 2 rings (SSSR count). The van der Waals surface area contributed by atoms with Crippen molar-refractivity contribution < 1.29 is 17.6 Å². The van der Waals surface area contributed by atoms with Crippen molar-refractivity contribution >= 4 is 38.1 Å². The molecule has 25 heavy (non-hydrogen) atoms. The number of rotatable bonds is 7. The van der Waals surface area contributed by atoms with Crippen molar-refractivity contribution in [3.05, 3.63) is 52.4 Å². The van der Waals surface area contributed by atoms with Gasteiger partial charge in [-0.15, -0.1) is 0 Å². The molecule has 7 nitrogen and oxygen atoms in total. The maximum Gasteiger partial charge on any atom is 0.242 e. The van der Waals surface area contributed by atoms with Gasteiger partial charge in [0, 0.05) is 10.4 Å². The molecule has 0 aliphatic rings. The minimum absolute atomic E-state index is 0.00455. The van der Waals surface area contributed by atoms with Crippen LogP contribution in [0, 0.1) is 5.92 Å². The second-order valence-electron chi connectivity index (χ2n) is 5.47. The van der Waals surface area contributed by atoms with E-state index in [1.807, 2.05) is 0 Å². The highest BCUT2D eigenvalue weighted by molar-refractivity contribution is 9.10. The fraction of sp³-hybridized carbons (Fsp3) is 0.250. The minimum atomic E-state index is -3.63. The smallest absolute Gasteiger partial charge is 0.242 e. The van der Waals surface area contributed by atoms with Crippen LogP contribution in [0.1, 0.15) is 25.4 Å². The zero-order valence-corrected chi connectivity index (χ0v) is 16.1. The summed E-state index contributed by atoms with van der Waals surface area (Å²) >= 11 is 3.26. The quantitative estimate of drug-likeness (QED) is 0.523. The van der Waals surface area contributed by atoms with Crippen molar-refractivity contribution in [1.82, 2.24) is 10.1 Å². The Labute approximate surface area is 154 Å². The molecular formula is C16H18BrN3O4S. The topological polar surface area (TPSA) is 101 Å². The van der Waals surface area contributed by atoms with Gasteiger partial charge in [-0.05, 0) is 36.4 Å². The van der Waals surface area contributed by atoms with Crippen LogP contribution >= 0.6 is 15.9 Å². The first-order valence-electron chi connectivity index (χ1n) is 7.45. The number of nitrogens with one attached hydrogen (secondary N) is 2. The van der Waals surface area contributed by atoms with Crippen LogP contribution in [0.2, 0.25) is 0 Å². The summed E-state index contributed by atoms with van der Waals surface area (Å²) in [6, 6.07) is 9.58. The molecule has 134 valence electrons. The second-order valence-corrected chi connectivity index (χ2v) is 8.15. The molecule has 9 heteroatoms. The molecule has 0 fully saturated rings. The van der Waals surface area contributed by atoms with E-state index in [1.165, 1.54) is 18.3 Å². The van der Waals surface area contributed by atoms with Gasteiger partial charge in [-0.1, -0.05) is 29.8 Å². The molecule has 0 aliphatic carbocycles. The van der Waals surface area contributed by atoms with Crippen LogP contribution in [0.15, 0.2) is 55.3 Å². The molecule has 0 radical (unpaired) electrons. The fourth-order valence-electron chi connectivity index (χ4n) is 1.71. The van der Waals surface area contributed by atoms with Crippen molar-refractivity contribution in [3.8, 4) is 0 Å². The highest BCUT2D eigenvalue weighted by atomic mass is 79.9. The Balaban J connectivity index is 1.94. The number of carbonyl (C=O) groups is 1. The fourth-order valence-corrected chi connectivity index (χ4v) is 2.97. The zero-order chi connectivity index (χ0) is 18.4. The van der Waals surface area contributed by atoms with Crippen LogP contribution in [0.25, 0.3) is 0 Å². The molecule has 0 saturated heterocycles. The largest absolute Gasteiger partial charge is 0.459 e. The Kier molecular flexibility index (Phi) is 6.51. The molecule has 1 amide bonds. The summed E-state index contributed by atoms with van der Waals surface area (Å²) < 4.78 is 33.1. The van der Waals surface area contributed by atoms with E-state index < -0.39 is 10.0 Å². The Bertz CT molecular complexity index is 858. The van der Waals surface area contributed by atoms with E-state index in [4.69, 9.17) is 4.42 Å². The van der Waals surface area contributed by atoms with Crippen molar-refractivity contribution in [2.24, 2.45) is 11.0 Å². The third-order valence-corrected chi connectivity index (χ3v) is 5.08. The first-order valence-corrected chi connectivity index (χ1v) is 9.72. The van der Waals surface area contributed by atoms with Crippen LogP contribution in [-0.4, -0.2) is 20.5 Å². The molecule has 0 spiro atoms. The third-order valence-electron chi connectivity index (χ3n) is 3.13. The van der Waals surface area contributed by atoms with Gasteiger partial charge < -0.3 is 4.42 Å². The van der Waals surface area contributed by atoms with Crippen molar-refractivity contribution in [1.29, 1.82) is 0 Å². The van der Waals surface area contributed by atoms with Crippen LogP contribution in [0.4, 0.5) is 0 Å². The summed E-state index contributed by atoms with van der Waals surface area (Å²) in [5, 5.41) is 3.78. The van der Waals surface area contributed by atoms with Gasteiger partial charge in [0.15, 0.2) is 0 Å². The lowest BCUT2D eigenvalue weighted by molar-refractivity contribution is -0.123. The summed E-state index contributed by atoms with van der Waals surface area (Å²) in [6.45, 7) is 3.52. The summed E-state index contributed by atoms with van der Waals surface area (Å²) in [6.07, 6.45) is 1.35. The molecular weight excluding hydrogens is 410 g/mol. The van der Waals surface area contributed by atoms with Crippen molar-refractivity contribution in [3.63, 3.8) is 0 Å². The number of hydrogen-bond donors (Lipinski definition) is 2. The average Bonchev–Trinajstić information content (AvgIpc) is 3.01. The summed E-state index contributed by atoms with van der Waals surface area (Å²) in [5.41, 5.74) is 2.38. The van der Waals surface area contributed by atoms with Crippen molar-refractivity contribution in [2.75, 3.05) is 0 Å². The van der Waals surface area contributed by atoms with E-state index in [9.17, 15) is 13.2 Å². The number of amides is 1. The van der Waals surface area contributed by atoms with Gasteiger partial charge >= 0.3 is 0 Å². The first kappa shape index (κ1) is 19.4. The molecule has 0 aliphatic heterocycles. The van der Waals surface area contributed by atoms with Gasteiger partial charge in [-0.25, -0.2) is 18.6 Å². The number of carbonyl (C=O) groups excluding carboxylic acids is 1. The van der Waals surface area contributed by atoms with Crippen LogP contribution in [0.3, 0.4) is 0 Å². The second kappa shape index (κ2) is 8.41. The normalized spacial score (nSPS) is 12.0. The molecule has 0 unspecified atom stereocenters. The number of nitrogens with zero attached hydrogens (tertiary/aromatic N) is 1. The van der Waals surface area contributed by atoms with Crippen LogP contribution < -0.4 is 10.1 Å². The molecule has 1 heterocycles. The molecule has 1 aromatic carbocycles. The Morgan fingerprint density at radius 2 is 1.92 bits per heavy atom. The van der Waals surface area contributed by atoms with E-state index in [-0.39, 0.29) is 23.3 Å². The van der Waals surface area contributed by atoms with Crippen LogP contribution in [-0.2, 0) is 21.4 Å². The molecule has 1 aromatic heterocycles. The maximum atomic E-state index is 12.2. The predicted molar refractivity (Wildman–Crippen MR) is 97.5 cm³/mol. The number of hydrogen-bond acceptors (Lipinski definition) is 5. The summed E-state index contributed by atoms with van der Waals surface area (Å²) in [7, 11) is -3.63. The van der Waals surface area contributed by atoms with Gasteiger partial charge in [0.2, 0.25) is 15.9 Å². The highest BCUT2D eigenvalue weighted by Gasteiger charge is 2.14. The van der Waals surface area contributed by atoms with Gasteiger partial charge in [-0.3, -0.25) is 4.79 Å². The highest BCUT2D eigenvalue weighted by Crippen LogP contribution is 2.15. The van der Waals surface area contributed by atoms with Crippen molar-refractivity contribution in [2.45, 2.75) is 25.3 Å².